The number of ether oxygens (including phenoxy) is 3. The van der Waals surface area contributed by atoms with E-state index in [0.717, 1.165) is 25.7 Å². The Balaban J connectivity index is 1.44. The lowest BCUT2D eigenvalue weighted by Crippen LogP contribution is -2.71. The van der Waals surface area contributed by atoms with Gasteiger partial charge in [0.15, 0.2) is 5.79 Å². The molecule has 1 aliphatic carbocycles. The average Bonchev–Trinajstić information content (AvgIpc) is 3.28. The molecular formula is C29H47NO4. The minimum atomic E-state index is -0.588. The van der Waals surface area contributed by atoms with Crippen molar-refractivity contribution in [1.82, 2.24) is 5.06 Å². The van der Waals surface area contributed by atoms with E-state index in [1.165, 1.54) is 37.7 Å². The van der Waals surface area contributed by atoms with Gasteiger partial charge in [0.1, 0.15) is 6.10 Å². The molecule has 34 heavy (non-hydrogen) atoms. The van der Waals surface area contributed by atoms with Crippen molar-refractivity contribution in [2.45, 2.75) is 121 Å². The van der Waals surface area contributed by atoms with Gasteiger partial charge in [-0.05, 0) is 51.5 Å². The second kappa shape index (κ2) is 11.0. The molecule has 1 aromatic rings. The first-order valence-corrected chi connectivity index (χ1v) is 13.8. The van der Waals surface area contributed by atoms with Gasteiger partial charge in [-0.1, -0.05) is 70.4 Å². The maximum Gasteiger partial charge on any atom is 0.175 e. The zero-order valence-electron chi connectivity index (χ0n) is 22.2. The molecule has 4 rings (SSSR count). The number of rotatable bonds is 9. The lowest BCUT2D eigenvalue weighted by molar-refractivity contribution is -0.368. The van der Waals surface area contributed by atoms with Crippen molar-refractivity contribution in [3.8, 4) is 0 Å². The van der Waals surface area contributed by atoms with Gasteiger partial charge in [0.05, 0.1) is 31.5 Å². The molecule has 0 amide bonds. The monoisotopic (exact) mass is 473 g/mol. The van der Waals surface area contributed by atoms with E-state index in [4.69, 9.17) is 19.0 Å². The fourth-order valence-electron chi connectivity index (χ4n) is 6.40. The van der Waals surface area contributed by atoms with Crippen molar-refractivity contribution in [3.63, 3.8) is 0 Å². The highest BCUT2D eigenvalue weighted by Crippen LogP contribution is 2.54. The van der Waals surface area contributed by atoms with E-state index in [1.54, 1.807) is 0 Å². The number of hydrogen-bond donors (Lipinski definition) is 0. The van der Waals surface area contributed by atoms with E-state index >= 15 is 0 Å². The van der Waals surface area contributed by atoms with Crippen LogP contribution < -0.4 is 0 Å². The summed E-state index contributed by atoms with van der Waals surface area (Å²) in [6.45, 7) is 13.4. The van der Waals surface area contributed by atoms with Crippen LogP contribution in [0, 0.1) is 5.92 Å². The molecule has 5 nitrogen and oxygen atoms in total. The second-order valence-electron chi connectivity index (χ2n) is 11.3. The Morgan fingerprint density at radius 2 is 1.76 bits per heavy atom. The van der Waals surface area contributed by atoms with Crippen molar-refractivity contribution < 1.29 is 19.0 Å². The number of hydroxylamine groups is 2. The molecule has 1 aromatic carbocycles. The smallest absolute Gasteiger partial charge is 0.175 e. The second-order valence-corrected chi connectivity index (χ2v) is 11.3. The fourth-order valence-corrected chi connectivity index (χ4v) is 6.40. The van der Waals surface area contributed by atoms with Crippen LogP contribution >= 0.6 is 0 Å². The summed E-state index contributed by atoms with van der Waals surface area (Å²) in [4.78, 5) is 6.62. The normalized spacial score (nSPS) is 37.4. The molecule has 1 saturated carbocycles. The van der Waals surface area contributed by atoms with E-state index in [9.17, 15) is 0 Å². The van der Waals surface area contributed by atoms with Crippen molar-refractivity contribution in [1.29, 1.82) is 0 Å². The third-order valence-electron chi connectivity index (χ3n) is 9.06. The van der Waals surface area contributed by atoms with Crippen LogP contribution in [-0.2, 0) is 25.5 Å². The standard InChI is InChI=1S/C29H47NO4/c1-6-27(4)22-29(32-21-26(34-29)20-31-25-16-12-9-13-17-25)23(3)28(5,7-2)30(27)33-19-18-24-14-10-8-11-15-24/h8,10-11,14-15,23,25-26H,6-7,9,12-13,16-22H2,1-5H3. The first-order chi connectivity index (χ1) is 16.4. The molecule has 0 N–H and O–H groups in total. The molecule has 3 fully saturated rings. The molecule has 3 aliphatic rings. The molecule has 2 saturated heterocycles. The molecule has 5 atom stereocenters. The van der Waals surface area contributed by atoms with Crippen LogP contribution in [0.25, 0.3) is 0 Å². The van der Waals surface area contributed by atoms with Crippen LogP contribution in [-0.4, -0.2) is 54.0 Å². The van der Waals surface area contributed by atoms with Gasteiger partial charge >= 0.3 is 0 Å². The quantitative estimate of drug-likeness (QED) is 0.421. The van der Waals surface area contributed by atoms with Gasteiger partial charge in [-0.25, -0.2) is 0 Å². The number of hydrogen-bond acceptors (Lipinski definition) is 5. The Morgan fingerprint density at radius 1 is 1.03 bits per heavy atom. The highest BCUT2D eigenvalue weighted by atomic mass is 16.8. The lowest BCUT2D eigenvalue weighted by Gasteiger charge is -2.61. The molecule has 0 aromatic heterocycles. The first-order valence-electron chi connectivity index (χ1n) is 13.8. The SMILES string of the molecule is CCC1(C)CC2(OCC(COC3CCCCC3)O2)C(C)C(C)(CC)N1OCCc1ccccc1. The Morgan fingerprint density at radius 3 is 2.44 bits per heavy atom. The summed E-state index contributed by atoms with van der Waals surface area (Å²) in [6, 6.07) is 10.6. The van der Waals surface area contributed by atoms with Crippen molar-refractivity contribution in [2.75, 3.05) is 19.8 Å². The van der Waals surface area contributed by atoms with Crippen molar-refractivity contribution in [3.05, 3.63) is 35.9 Å². The Bertz CT molecular complexity index is 769. The maximum absolute atomic E-state index is 6.78. The van der Waals surface area contributed by atoms with E-state index < -0.39 is 5.79 Å². The van der Waals surface area contributed by atoms with Gasteiger partial charge in [-0.3, -0.25) is 4.84 Å². The van der Waals surface area contributed by atoms with E-state index in [1.807, 2.05) is 0 Å². The minimum Gasteiger partial charge on any atom is -0.375 e. The first kappa shape index (κ1) is 26.1. The van der Waals surface area contributed by atoms with Crippen LogP contribution in [0.1, 0.15) is 91.5 Å². The van der Waals surface area contributed by atoms with Gasteiger partial charge in [0, 0.05) is 17.9 Å². The predicted molar refractivity (Wildman–Crippen MR) is 135 cm³/mol. The molecule has 0 radical (unpaired) electrons. The lowest BCUT2D eigenvalue weighted by atomic mass is 9.67. The summed E-state index contributed by atoms with van der Waals surface area (Å²) in [5.41, 5.74) is 0.940. The fraction of sp³-hybridized carbons (Fsp3) is 0.793. The molecule has 0 bridgehead atoms. The van der Waals surface area contributed by atoms with Gasteiger partial charge < -0.3 is 14.2 Å². The van der Waals surface area contributed by atoms with Gasteiger partial charge in [-0.2, -0.15) is 5.06 Å². The summed E-state index contributed by atoms with van der Waals surface area (Å²) in [7, 11) is 0. The summed E-state index contributed by atoms with van der Waals surface area (Å²) < 4.78 is 19.6. The third-order valence-corrected chi connectivity index (χ3v) is 9.06. The Kier molecular flexibility index (Phi) is 8.41. The highest BCUT2D eigenvalue weighted by Gasteiger charge is 2.64. The maximum atomic E-state index is 6.78. The van der Waals surface area contributed by atoms with Gasteiger partial charge in [0.2, 0.25) is 0 Å². The van der Waals surface area contributed by atoms with Crippen LogP contribution in [0.5, 0.6) is 0 Å². The van der Waals surface area contributed by atoms with Crippen LogP contribution in [0.15, 0.2) is 30.3 Å². The van der Waals surface area contributed by atoms with E-state index in [-0.39, 0.29) is 23.1 Å². The number of nitrogens with zero attached hydrogens (tertiary/aromatic N) is 1. The van der Waals surface area contributed by atoms with E-state index in [2.05, 4.69) is 70.0 Å². The summed E-state index contributed by atoms with van der Waals surface area (Å²) in [5.74, 6) is -0.420. The average molecular weight is 474 g/mol. The topological polar surface area (TPSA) is 40.2 Å². The van der Waals surface area contributed by atoms with Crippen LogP contribution in [0.4, 0.5) is 0 Å². The van der Waals surface area contributed by atoms with Crippen molar-refractivity contribution in [2.24, 2.45) is 5.92 Å². The molecule has 2 heterocycles. The zero-order chi connectivity index (χ0) is 24.2. The van der Waals surface area contributed by atoms with Crippen molar-refractivity contribution >= 4 is 0 Å². The molecule has 5 heteroatoms. The number of piperidine rings is 1. The summed E-state index contributed by atoms with van der Waals surface area (Å²) in [6.07, 6.45) is 10.4. The highest BCUT2D eigenvalue weighted by molar-refractivity contribution is 5.15. The van der Waals surface area contributed by atoms with Crippen LogP contribution in [0.2, 0.25) is 0 Å². The summed E-state index contributed by atoms with van der Waals surface area (Å²) >= 11 is 0. The molecule has 1 spiro atoms. The third kappa shape index (κ3) is 5.24. The van der Waals surface area contributed by atoms with Crippen LogP contribution in [0.3, 0.4) is 0 Å². The predicted octanol–water partition coefficient (Wildman–Crippen LogP) is 6.30. The van der Waals surface area contributed by atoms with Gasteiger partial charge in [-0.15, -0.1) is 0 Å². The Labute approximate surface area is 207 Å². The molecule has 192 valence electrons. The molecule has 2 aliphatic heterocycles. The largest absolute Gasteiger partial charge is 0.375 e. The Hall–Kier alpha value is -0.980. The van der Waals surface area contributed by atoms with Gasteiger partial charge in [0.25, 0.3) is 0 Å². The minimum absolute atomic E-state index is 0.0112. The van der Waals surface area contributed by atoms with E-state index in [0.29, 0.717) is 25.9 Å². The zero-order valence-corrected chi connectivity index (χ0v) is 22.2. The molecule has 5 unspecified atom stereocenters. The number of benzene rings is 1. The molecular weight excluding hydrogens is 426 g/mol. The summed E-state index contributed by atoms with van der Waals surface area (Å²) in [5, 5.41) is 2.32.